The van der Waals surface area contributed by atoms with Gasteiger partial charge in [-0.25, -0.2) is 4.79 Å². The van der Waals surface area contributed by atoms with Crippen LogP contribution in [0.25, 0.3) is 11.0 Å². The Bertz CT molecular complexity index is 960. The zero-order valence-corrected chi connectivity index (χ0v) is 16.3. The van der Waals surface area contributed by atoms with Gasteiger partial charge in [-0.2, -0.15) is 0 Å². The normalized spacial score (nSPS) is 10.9. The van der Waals surface area contributed by atoms with Crippen LogP contribution in [-0.4, -0.2) is 28.2 Å². The van der Waals surface area contributed by atoms with Gasteiger partial charge in [0.1, 0.15) is 5.75 Å². The third kappa shape index (κ3) is 4.82. The van der Waals surface area contributed by atoms with Crippen molar-refractivity contribution in [2.75, 3.05) is 13.2 Å². The SMILES string of the molecule is CCn1c(=O)n(CCC(=O)NCCCCOc2ccccc2)c2ccccc21. The summed E-state index contributed by atoms with van der Waals surface area (Å²) in [4.78, 5) is 24.7. The summed E-state index contributed by atoms with van der Waals surface area (Å²) < 4.78 is 9.05. The number of ether oxygens (including phenoxy) is 1. The summed E-state index contributed by atoms with van der Waals surface area (Å²) in [6, 6.07) is 17.4. The van der Waals surface area contributed by atoms with Gasteiger partial charge < -0.3 is 10.1 Å². The molecule has 6 nitrogen and oxygen atoms in total. The third-order valence-corrected chi connectivity index (χ3v) is 4.71. The van der Waals surface area contributed by atoms with E-state index in [0.29, 0.717) is 26.2 Å². The molecule has 0 saturated carbocycles. The highest BCUT2D eigenvalue weighted by Gasteiger charge is 2.12. The summed E-state index contributed by atoms with van der Waals surface area (Å²) >= 11 is 0. The lowest BCUT2D eigenvalue weighted by Gasteiger charge is -2.07. The predicted octanol–water partition coefficient (Wildman–Crippen LogP) is 3.19. The Morgan fingerprint density at radius 3 is 2.36 bits per heavy atom. The number of hydrogen-bond acceptors (Lipinski definition) is 3. The van der Waals surface area contributed by atoms with Crippen LogP contribution in [0.3, 0.4) is 0 Å². The number of imidazole rings is 1. The average molecular weight is 381 g/mol. The molecule has 0 atom stereocenters. The number of carbonyl (C=O) groups is 1. The quantitative estimate of drug-likeness (QED) is 0.549. The van der Waals surface area contributed by atoms with E-state index < -0.39 is 0 Å². The predicted molar refractivity (Wildman–Crippen MR) is 111 cm³/mol. The fourth-order valence-electron chi connectivity index (χ4n) is 3.26. The molecule has 1 aromatic heterocycles. The number of nitrogens with one attached hydrogen (secondary N) is 1. The minimum atomic E-state index is -0.0606. The first-order valence-electron chi connectivity index (χ1n) is 9.83. The second-order valence-electron chi connectivity index (χ2n) is 6.64. The van der Waals surface area contributed by atoms with E-state index in [-0.39, 0.29) is 18.0 Å². The van der Waals surface area contributed by atoms with Crippen LogP contribution in [0.4, 0.5) is 0 Å². The van der Waals surface area contributed by atoms with E-state index in [4.69, 9.17) is 4.74 Å². The van der Waals surface area contributed by atoms with Crippen LogP contribution in [0.1, 0.15) is 26.2 Å². The zero-order chi connectivity index (χ0) is 19.8. The topological polar surface area (TPSA) is 65.3 Å². The largest absolute Gasteiger partial charge is 0.494 e. The molecule has 0 aliphatic carbocycles. The van der Waals surface area contributed by atoms with Gasteiger partial charge in [0.2, 0.25) is 5.91 Å². The van der Waals surface area contributed by atoms with Gasteiger partial charge in [0, 0.05) is 26.1 Å². The molecule has 0 bridgehead atoms. The fraction of sp³-hybridized carbons (Fsp3) is 0.364. The van der Waals surface area contributed by atoms with Gasteiger partial charge in [-0.1, -0.05) is 30.3 Å². The van der Waals surface area contributed by atoms with Crippen LogP contribution in [0, 0.1) is 0 Å². The molecule has 0 unspecified atom stereocenters. The zero-order valence-electron chi connectivity index (χ0n) is 16.3. The van der Waals surface area contributed by atoms with Crippen LogP contribution in [0.5, 0.6) is 5.75 Å². The van der Waals surface area contributed by atoms with Crippen molar-refractivity contribution < 1.29 is 9.53 Å². The Kier molecular flexibility index (Phi) is 6.89. The third-order valence-electron chi connectivity index (χ3n) is 4.71. The maximum absolute atomic E-state index is 12.6. The lowest BCUT2D eigenvalue weighted by atomic mass is 10.3. The molecule has 2 aromatic carbocycles. The molecule has 0 spiro atoms. The molecule has 1 heterocycles. The molecule has 6 heteroatoms. The van der Waals surface area contributed by atoms with E-state index in [1.54, 1.807) is 9.13 Å². The summed E-state index contributed by atoms with van der Waals surface area (Å²) in [7, 11) is 0. The second kappa shape index (κ2) is 9.78. The summed E-state index contributed by atoms with van der Waals surface area (Å²) in [5, 5.41) is 2.92. The number of para-hydroxylation sites is 3. The van der Waals surface area contributed by atoms with Gasteiger partial charge in [0.05, 0.1) is 17.6 Å². The Morgan fingerprint density at radius 1 is 0.964 bits per heavy atom. The van der Waals surface area contributed by atoms with Crippen molar-refractivity contribution in [2.24, 2.45) is 0 Å². The van der Waals surface area contributed by atoms with E-state index in [0.717, 1.165) is 29.6 Å². The molecule has 148 valence electrons. The molecule has 0 aliphatic rings. The van der Waals surface area contributed by atoms with E-state index in [1.807, 2.05) is 61.5 Å². The van der Waals surface area contributed by atoms with Gasteiger partial charge in [-0.3, -0.25) is 13.9 Å². The fourth-order valence-corrected chi connectivity index (χ4v) is 3.26. The van der Waals surface area contributed by atoms with Crippen molar-refractivity contribution in [2.45, 2.75) is 39.3 Å². The van der Waals surface area contributed by atoms with Crippen LogP contribution in [0.2, 0.25) is 0 Å². The standard InChI is InChI=1S/C22H27N3O3/c1-2-24-19-12-6-7-13-20(19)25(22(24)27)16-14-21(26)23-15-8-9-17-28-18-10-4-3-5-11-18/h3-7,10-13H,2,8-9,14-17H2,1H3,(H,23,26). The Morgan fingerprint density at radius 2 is 1.64 bits per heavy atom. The van der Waals surface area contributed by atoms with Gasteiger partial charge >= 0.3 is 5.69 Å². The van der Waals surface area contributed by atoms with Gasteiger partial charge in [-0.05, 0) is 44.0 Å². The molecule has 28 heavy (non-hydrogen) atoms. The van der Waals surface area contributed by atoms with Gasteiger partial charge in [0.15, 0.2) is 0 Å². The van der Waals surface area contributed by atoms with Gasteiger partial charge in [-0.15, -0.1) is 0 Å². The molecule has 0 radical (unpaired) electrons. The van der Waals surface area contributed by atoms with Crippen molar-refractivity contribution in [1.29, 1.82) is 0 Å². The van der Waals surface area contributed by atoms with Crippen molar-refractivity contribution >= 4 is 16.9 Å². The number of rotatable bonds is 10. The maximum atomic E-state index is 12.6. The highest BCUT2D eigenvalue weighted by Crippen LogP contribution is 2.13. The molecular weight excluding hydrogens is 354 g/mol. The first kappa shape index (κ1) is 19.7. The monoisotopic (exact) mass is 381 g/mol. The molecular formula is C22H27N3O3. The summed E-state index contributed by atoms with van der Waals surface area (Å²) in [6.07, 6.45) is 2.02. The van der Waals surface area contributed by atoms with Crippen molar-refractivity contribution in [3.05, 3.63) is 65.1 Å². The van der Waals surface area contributed by atoms with Crippen molar-refractivity contribution in [1.82, 2.24) is 14.5 Å². The van der Waals surface area contributed by atoms with Crippen LogP contribution in [-0.2, 0) is 17.9 Å². The average Bonchev–Trinajstić information content (AvgIpc) is 3.00. The number of unbranched alkanes of at least 4 members (excludes halogenated alkanes) is 1. The number of aryl methyl sites for hydroxylation is 2. The second-order valence-corrected chi connectivity index (χ2v) is 6.64. The number of nitrogens with zero attached hydrogens (tertiary/aromatic N) is 2. The van der Waals surface area contributed by atoms with Crippen molar-refractivity contribution in [3.63, 3.8) is 0 Å². The highest BCUT2D eigenvalue weighted by atomic mass is 16.5. The van der Waals surface area contributed by atoms with E-state index >= 15 is 0 Å². The Labute approximate surface area is 164 Å². The van der Waals surface area contributed by atoms with Crippen molar-refractivity contribution in [3.8, 4) is 5.75 Å². The lowest BCUT2D eigenvalue weighted by Crippen LogP contribution is -2.29. The first-order chi connectivity index (χ1) is 13.7. The molecule has 1 amide bonds. The molecule has 0 fully saturated rings. The van der Waals surface area contributed by atoms with Crippen LogP contribution >= 0.6 is 0 Å². The number of fused-ring (bicyclic) bond motifs is 1. The van der Waals surface area contributed by atoms with E-state index in [2.05, 4.69) is 5.32 Å². The minimum Gasteiger partial charge on any atom is -0.494 e. The lowest BCUT2D eigenvalue weighted by molar-refractivity contribution is -0.121. The Balaban J connectivity index is 1.41. The minimum absolute atomic E-state index is 0.0378. The first-order valence-corrected chi connectivity index (χ1v) is 9.83. The molecule has 3 aromatic rings. The van der Waals surface area contributed by atoms with Gasteiger partial charge in [0.25, 0.3) is 0 Å². The number of aromatic nitrogens is 2. The summed E-state index contributed by atoms with van der Waals surface area (Å²) in [6.45, 7) is 4.19. The number of carbonyl (C=O) groups excluding carboxylic acids is 1. The smallest absolute Gasteiger partial charge is 0.329 e. The Hall–Kier alpha value is -3.02. The molecule has 0 saturated heterocycles. The maximum Gasteiger partial charge on any atom is 0.329 e. The van der Waals surface area contributed by atoms with E-state index in [1.165, 1.54) is 0 Å². The van der Waals surface area contributed by atoms with Crippen LogP contribution < -0.4 is 15.7 Å². The van der Waals surface area contributed by atoms with E-state index in [9.17, 15) is 9.59 Å². The summed E-state index contributed by atoms with van der Waals surface area (Å²) in [5.74, 6) is 0.826. The number of amides is 1. The van der Waals surface area contributed by atoms with Crippen LogP contribution in [0.15, 0.2) is 59.4 Å². The summed E-state index contributed by atoms with van der Waals surface area (Å²) in [5.41, 5.74) is 1.73. The number of hydrogen-bond donors (Lipinski definition) is 1. The number of benzene rings is 2. The molecule has 1 N–H and O–H groups in total. The molecule has 3 rings (SSSR count). The molecule has 0 aliphatic heterocycles. The highest BCUT2D eigenvalue weighted by molar-refractivity contribution is 5.77.